The summed E-state index contributed by atoms with van der Waals surface area (Å²) in [7, 11) is 0. The first-order chi connectivity index (χ1) is 16.4. The lowest BCUT2D eigenvalue weighted by atomic mass is 10.3. The van der Waals surface area contributed by atoms with E-state index < -0.39 is 10.8 Å². The van der Waals surface area contributed by atoms with Gasteiger partial charge >= 0.3 is 0 Å². The number of carbonyl (C=O) groups excluding carboxylic acids is 1. The van der Waals surface area contributed by atoms with Crippen molar-refractivity contribution in [1.29, 1.82) is 0 Å². The summed E-state index contributed by atoms with van der Waals surface area (Å²) in [6.07, 6.45) is 3.11. The minimum atomic E-state index is -0.548. The molecule has 2 aromatic heterocycles. The number of hydrogen-bond acceptors (Lipinski definition) is 7. The van der Waals surface area contributed by atoms with Gasteiger partial charge in [-0.05, 0) is 42.5 Å². The summed E-state index contributed by atoms with van der Waals surface area (Å²) >= 11 is 9.38. The fourth-order valence-electron chi connectivity index (χ4n) is 2.81. The van der Waals surface area contributed by atoms with Crippen molar-refractivity contribution in [2.75, 3.05) is 5.32 Å². The number of non-ortho nitro benzene ring substituents is 1. The van der Waals surface area contributed by atoms with E-state index in [1.165, 1.54) is 35.1 Å². The van der Waals surface area contributed by atoms with Crippen LogP contribution in [-0.4, -0.2) is 20.6 Å². The molecule has 0 bridgehead atoms. The summed E-state index contributed by atoms with van der Waals surface area (Å²) in [6.45, 7) is 0.0967. The van der Waals surface area contributed by atoms with Gasteiger partial charge in [0.1, 0.15) is 23.9 Å². The molecule has 0 unspecified atom stereocenters. The van der Waals surface area contributed by atoms with E-state index in [-0.39, 0.29) is 35.6 Å². The highest BCUT2D eigenvalue weighted by Crippen LogP contribution is 2.29. The number of nitrogens with zero attached hydrogens (tertiary/aromatic N) is 3. The molecule has 0 saturated heterocycles. The maximum Gasteiger partial charge on any atom is 0.291 e. The van der Waals surface area contributed by atoms with Crippen LogP contribution in [0.1, 0.15) is 16.3 Å². The maximum absolute atomic E-state index is 12.5. The molecule has 0 radical (unpaired) electrons. The molecule has 0 aliphatic carbocycles. The number of rotatable bonds is 9. The zero-order chi connectivity index (χ0) is 24.1. The number of ether oxygens (including phenoxy) is 2. The minimum Gasteiger partial charge on any atom is -0.484 e. The molecule has 0 aliphatic rings. The van der Waals surface area contributed by atoms with Gasteiger partial charge in [0.2, 0.25) is 0 Å². The van der Waals surface area contributed by atoms with Gasteiger partial charge in [-0.1, -0.05) is 27.5 Å². The number of carbonyl (C=O) groups is 1. The van der Waals surface area contributed by atoms with Crippen molar-refractivity contribution in [2.24, 2.45) is 0 Å². The van der Waals surface area contributed by atoms with Gasteiger partial charge in [-0.3, -0.25) is 14.9 Å². The summed E-state index contributed by atoms with van der Waals surface area (Å²) in [5, 5.41) is 18.0. The molecule has 34 heavy (non-hydrogen) atoms. The van der Waals surface area contributed by atoms with Crippen LogP contribution in [0.2, 0.25) is 5.02 Å². The molecule has 1 amide bonds. The van der Waals surface area contributed by atoms with Gasteiger partial charge in [0.15, 0.2) is 12.5 Å². The Morgan fingerprint density at radius 1 is 1.18 bits per heavy atom. The Bertz CT molecular complexity index is 1320. The Kier molecular flexibility index (Phi) is 7.14. The molecule has 2 aromatic carbocycles. The highest BCUT2D eigenvalue weighted by atomic mass is 79.9. The van der Waals surface area contributed by atoms with E-state index in [1.807, 2.05) is 24.3 Å². The average Bonchev–Trinajstić information content (AvgIpc) is 3.47. The average molecular weight is 548 g/mol. The van der Waals surface area contributed by atoms with Gasteiger partial charge < -0.3 is 19.2 Å². The van der Waals surface area contributed by atoms with Crippen molar-refractivity contribution in [3.63, 3.8) is 0 Å². The number of halogens is 2. The Morgan fingerprint density at radius 2 is 1.97 bits per heavy atom. The van der Waals surface area contributed by atoms with Crippen molar-refractivity contribution in [3.05, 3.63) is 98.1 Å². The standard InChI is InChI=1S/C22H16BrClN4O6/c23-14-1-4-17(5-2-14)33-13-27-11-15(10-25-27)26-22(29)20-8-6-18(34-20)12-32-21-9-16(28(30)31)3-7-19(21)24/h1-11H,12-13H2,(H,26,29). The lowest BCUT2D eigenvalue weighted by Gasteiger charge is -2.06. The largest absolute Gasteiger partial charge is 0.484 e. The van der Waals surface area contributed by atoms with Crippen molar-refractivity contribution in [1.82, 2.24) is 9.78 Å². The normalized spacial score (nSPS) is 10.6. The molecule has 1 N–H and O–H groups in total. The second kappa shape index (κ2) is 10.4. The Morgan fingerprint density at radius 3 is 2.74 bits per heavy atom. The van der Waals surface area contributed by atoms with Crippen LogP contribution in [0.25, 0.3) is 0 Å². The third kappa shape index (κ3) is 5.94. The van der Waals surface area contributed by atoms with Crippen LogP contribution >= 0.6 is 27.5 Å². The Balaban J connectivity index is 1.31. The number of hydrogen-bond donors (Lipinski definition) is 1. The van der Waals surface area contributed by atoms with E-state index in [9.17, 15) is 14.9 Å². The summed E-state index contributed by atoms with van der Waals surface area (Å²) in [5.74, 6) is 0.735. The van der Waals surface area contributed by atoms with Gasteiger partial charge in [0.05, 0.1) is 34.1 Å². The number of nitro groups is 1. The van der Waals surface area contributed by atoms with Crippen molar-refractivity contribution < 1.29 is 23.6 Å². The van der Waals surface area contributed by atoms with Crippen LogP contribution < -0.4 is 14.8 Å². The SMILES string of the molecule is O=C(Nc1cnn(COc2ccc(Br)cc2)c1)c1ccc(COc2cc([N+](=O)[O-])ccc2Cl)o1. The van der Waals surface area contributed by atoms with E-state index in [0.717, 1.165) is 4.47 Å². The number of nitrogens with one attached hydrogen (secondary N) is 1. The number of furan rings is 1. The van der Waals surface area contributed by atoms with Crippen LogP contribution in [0.3, 0.4) is 0 Å². The number of aromatic nitrogens is 2. The fourth-order valence-corrected chi connectivity index (χ4v) is 3.24. The molecule has 0 fully saturated rings. The highest BCUT2D eigenvalue weighted by Gasteiger charge is 2.15. The van der Waals surface area contributed by atoms with Crippen LogP contribution in [-0.2, 0) is 13.3 Å². The van der Waals surface area contributed by atoms with Crippen molar-refractivity contribution in [2.45, 2.75) is 13.3 Å². The zero-order valence-electron chi connectivity index (χ0n) is 17.3. The number of benzene rings is 2. The van der Waals surface area contributed by atoms with E-state index in [2.05, 4.69) is 26.3 Å². The lowest BCUT2D eigenvalue weighted by Crippen LogP contribution is -2.10. The van der Waals surface area contributed by atoms with Crippen LogP contribution in [0.15, 0.2) is 75.9 Å². The third-order valence-electron chi connectivity index (χ3n) is 4.45. The minimum absolute atomic E-state index is 0.0580. The first-order valence-electron chi connectivity index (χ1n) is 9.75. The van der Waals surface area contributed by atoms with Crippen LogP contribution in [0.4, 0.5) is 11.4 Å². The van der Waals surface area contributed by atoms with Crippen molar-refractivity contribution >= 4 is 44.8 Å². The fraction of sp³-hybridized carbons (Fsp3) is 0.0909. The zero-order valence-corrected chi connectivity index (χ0v) is 19.7. The highest BCUT2D eigenvalue weighted by molar-refractivity contribution is 9.10. The molecule has 0 atom stereocenters. The second-order valence-electron chi connectivity index (χ2n) is 6.88. The molecular formula is C22H16BrClN4O6. The molecular weight excluding hydrogens is 532 g/mol. The first-order valence-corrected chi connectivity index (χ1v) is 10.9. The third-order valence-corrected chi connectivity index (χ3v) is 5.29. The predicted molar refractivity (Wildman–Crippen MR) is 126 cm³/mol. The van der Waals surface area contributed by atoms with Crippen molar-refractivity contribution in [3.8, 4) is 11.5 Å². The smallest absolute Gasteiger partial charge is 0.291 e. The summed E-state index contributed by atoms with van der Waals surface area (Å²) in [6, 6.07) is 14.3. The van der Waals surface area contributed by atoms with Gasteiger partial charge in [0.25, 0.3) is 11.6 Å². The monoisotopic (exact) mass is 546 g/mol. The predicted octanol–water partition coefficient (Wildman–Crippen LogP) is 5.67. The lowest BCUT2D eigenvalue weighted by molar-refractivity contribution is -0.384. The summed E-state index contributed by atoms with van der Waals surface area (Å²) in [5.41, 5.74) is 0.309. The molecule has 12 heteroatoms. The van der Waals surface area contributed by atoms with Gasteiger partial charge in [-0.15, -0.1) is 0 Å². The number of nitro benzene ring substituents is 1. The van der Waals surface area contributed by atoms with E-state index in [0.29, 0.717) is 17.2 Å². The molecule has 2 heterocycles. The molecule has 0 saturated carbocycles. The quantitative estimate of drug-likeness (QED) is 0.212. The van der Waals surface area contributed by atoms with E-state index >= 15 is 0 Å². The molecule has 4 aromatic rings. The number of amides is 1. The van der Waals surface area contributed by atoms with Gasteiger partial charge in [0, 0.05) is 10.5 Å². The second-order valence-corrected chi connectivity index (χ2v) is 8.20. The molecule has 4 rings (SSSR count). The molecule has 10 nitrogen and oxygen atoms in total. The molecule has 174 valence electrons. The topological polar surface area (TPSA) is 122 Å². The van der Waals surface area contributed by atoms with Crippen LogP contribution in [0.5, 0.6) is 11.5 Å². The first kappa shape index (κ1) is 23.3. The Labute approximate surface area is 206 Å². The van der Waals surface area contributed by atoms with E-state index in [1.54, 1.807) is 12.3 Å². The Hall–Kier alpha value is -3.83. The van der Waals surface area contributed by atoms with E-state index in [4.69, 9.17) is 25.5 Å². The molecule has 0 aliphatic heterocycles. The molecule has 0 spiro atoms. The van der Waals surface area contributed by atoms with Gasteiger partial charge in [-0.25, -0.2) is 4.68 Å². The van der Waals surface area contributed by atoms with Crippen LogP contribution in [0, 0.1) is 10.1 Å². The van der Waals surface area contributed by atoms with Gasteiger partial charge in [-0.2, -0.15) is 5.10 Å². The maximum atomic E-state index is 12.5. The summed E-state index contributed by atoms with van der Waals surface area (Å²) < 4.78 is 19.1. The summed E-state index contributed by atoms with van der Waals surface area (Å²) in [4.78, 5) is 22.8. The number of anilines is 1.